The van der Waals surface area contributed by atoms with Gasteiger partial charge in [-0.05, 0) is 49.1 Å². The van der Waals surface area contributed by atoms with Crippen LogP contribution in [0.5, 0.6) is 5.75 Å². The number of benzene rings is 2. The molecule has 39 heavy (non-hydrogen) atoms. The average molecular weight is 559 g/mol. The molecule has 4 aromatic rings. The Morgan fingerprint density at radius 2 is 1.87 bits per heavy atom. The molecule has 1 aliphatic heterocycles. The van der Waals surface area contributed by atoms with E-state index in [1.165, 1.54) is 16.6 Å². The molecular weight excluding hydrogens is 533 g/mol. The minimum atomic E-state index is -4.49. The number of halogens is 3. The summed E-state index contributed by atoms with van der Waals surface area (Å²) in [5.74, 6) is 0.251. The van der Waals surface area contributed by atoms with E-state index in [1.54, 1.807) is 42.5 Å². The van der Waals surface area contributed by atoms with Crippen LogP contribution < -0.4 is 4.74 Å². The predicted octanol–water partition coefficient (Wildman–Crippen LogP) is 5.78. The van der Waals surface area contributed by atoms with Gasteiger partial charge in [0.25, 0.3) is 10.0 Å². The van der Waals surface area contributed by atoms with Crippen LogP contribution in [0.1, 0.15) is 36.0 Å². The highest BCUT2D eigenvalue weighted by molar-refractivity contribution is 7.89. The molecule has 1 aliphatic rings. The number of ketones is 1. The quantitative estimate of drug-likeness (QED) is 0.259. The van der Waals surface area contributed by atoms with Crippen molar-refractivity contribution in [1.29, 1.82) is 0 Å². The third-order valence-electron chi connectivity index (χ3n) is 6.63. The SMILES string of the molecule is O=C(CCc1cccc(OCc2cncc(C(F)(F)F)c2)c1)C1CCCN1S(=O)(=O)c1cc2ccccc2o1. The number of furan rings is 1. The fourth-order valence-corrected chi connectivity index (χ4v) is 6.29. The molecule has 0 aliphatic carbocycles. The molecule has 0 saturated carbocycles. The third-order valence-corrected chi connectivity index (χ3v) is 8.39. The molecule has 204 valence electrons. The number of para-hydroxylation sites is 1. The standard InChI is InChI=1S/C28H25F3N2O5S/c29-28(30,31)22-13-20(16-32-17-22)18-37-23-7-3-5-19(14-23)10-11-25(34)24-8-4-12-33(24)39(35,36)27-15-21-6-1-2-9-26(21)38-27/h1-3,5-7,9,13-17,24H,4,8,10-12,18H2. The average Bonchev–Trinajstić information content (AvgIpc) is 3.59. The highest BCUT2D eigenvalue weighted by Gasteiger charge is 2.40. The molecule has 0 N–H and O–H groups in total. The molecule has 3 heterocycles. The Labute approximate surface area is 223 Å². The lowest BCUT2D eigenvalue weighted by atomic mass is 10.0. The van der Waals surface area contributed by atoms with Crippen LogP contribution in [0.25, 0.3) is 11.0 Å². The van der Waals surface area contributed by atoms with Crippen molar-refractivity contribution in [2.24, 2.45) is 0 Å². The summed E-state index contributed by atoms with van der Waals surface area (Å²) >= 11 is 0. The first-order valence-electron chi connectivity index (χ1n) is 12.4. The first-order chi connectivity index (χ1) is 18.6. The highest BCUT2D eigenvalue weighted by Crippen LogP contribution is 2.31. The second-order valence-electron chi connectivity index (χ2n) is 9.36. The Kier molecular flexibility index (Phi) is 7.46. The van der Waals surface area contributed by atoms with Gasteiger partial charge in [-0.2, -0.15) is 17.5 Å². The number of carbonyl (C=O) groups excluding carboxylic acids is 1. The maximum atomic E-state index is 13.3. The van der Waals surface area contributed by atoms with Gasteiger partial charge in [-0.3, -0.25) is 9.78 Å². The van der Waals surface area contributed by atoms with E-state index in [1.807, 2.05) is 6.07 Å². The molecule has 2 aromatic heterocycles. The van der Waals surface area contributed by atoms with Crippen LogP contribution in [-0.2, 0) is 34.0 Å². The van der Waals surface area contributed by atoms with E-state index in [2.05, 4.69) is 4.98 Å². The first-order valence-corrected chi connectivity index (χ1v) is 13.8. The molecule has 1 fully saturated rings. The summed E-state index contributed by atoms with van der Waals surface area (Å²) in [4.78, 5) is 16.8. The summed E-state index contributed by atoms with van der Waals surface area (Å²) in [6.07, 6.45) is -0.932. The van der Waals surface area contributed by atoms with Crippen molar-refractivity contribution < 1.29 is 35.5 Å². The summed E-state index contributed by atoms with van der Waals surface area (Å²) in [6.45, 7) is 0.138. The van der Waals surface area contributed by atoms with E-state index >= 15 is 0 Å². The summed E-state index contributed by atoms with van der Waals surface area (Å²) in [5, 5.41) is 0.494. The second-order valence-corrected chi connectivity index (χ2v) is 11.2. The van der Waals surface area contributed by atoms with Crippen molar-refractivity contribution in [2.75, 3.05) is 6.54 Å². The lowest BCUT2D eigenvalue weighted by Crippen LogP contribution is -2.40. The van der Waals surface area contributed by atoms with Crippen LogP contribution >= 0.6 is 0 Å². The number of pyridine rings is 1. The molecule has 0 amide bonds. The van der Waals surface area contributed by atoms with Crippen molar-refractivity contribution in [3.63, 3.8) is 0 Å². The summed E-state index contributed by atoms with van der Waals surface area (Å²) < 4.78 is 77.8. The van der Waals surface area contributed by atoms with Crippen LogP contribution in [0.15, 0.2) is 82.6 Å². The zero-order chi connectivity index (χ0) is 27.6. The number of alkyl halides is 3. The van der Waals surface area contributed by atoms with Gasteiger partial charge in [-0.1, -0.05) is 30.3 Å². The summed E-state index contributed by atoms with van der Waals surface area (Å²) in [7, 11) is -3.98. The Bertz CT molecular complexity index is 1570. The highest BCUT2D eigenvalue weighted by atomic mass is 32.2. The molecule has 11 heteroatoms. The van der Waals surface area contributed by atoms with Gasteiger partial charge in [0.15, 0.2) is 5.78 Å². The largest absolute Gasteiger partial charge is 0.489 e. The van der Waals surface area contributed by atoms with Gasteiger partial charge in [0.05, 0.1) is 11.6 Å². The molecule has 1 atom stereocenters. The van der Waals surface area contributed by atoms with Crippen molar-refractivity contribution in [2.45, 2.75) is 49.6 Å². The number of aryl methyl sites for hydroxylation is 1. The fraction of sp³-hybridized carbons (Fsp3) is 0.286. The number of carbonyl (C=O) groups is 1. The monoisotopic (exact) mass is 558 g/mol. The van der Waals surface area contributed by atoms with Crippen LogP contribution in [0, 0.1) is 0 Å². The molecule has 0 bridgehead atoms. The number of nitrogens with zero attached hydrogens (tertiary/aromatic N) is 2. The fourth-order valence-electron chi connectivity index (χ4n) is 4.66. The third kappa shape index (κ3) is 5.99. The van der Waals surface area contributed by atoms with Crippen LogP contribution in [0.2, 0.25) is 0 Å². The number of Topliss-reactive ketones (excluding diaryl/α,β-unsaturated/α-hetero) is 1. The molecule has 5 rings (SSSR count). The second kappa shape index (κ2) is 10.8. The van der Waals surface area contributed by atoms with Crippen molar-refractivity contribution in [3.05, 3.63) is 89.7 Å². The molecule has 7 nitrogen and oxygen atoms in total. The molecule has 2 aromatic carbocycles. The minimum Gasteiger partial charge on any atom is -0.489 e. The Morgan fingerprint density at radius 1 is 1.05 bits per heavy atom. The number of hydrogen-bond donors (Lipinski definition) is 0. The van der Waals surface area contributed by atoms with Crippen molar-refractivity contribution in [3.8, 4) is 5.75 Å². The van der Waals surface area contributed by atoms with Gasteiger partial charge >= 0.3 is 6.18 Å². The van der Waals surface area contributed by atoms with E-state index in [0.29, 0.717) is 36.0 Å². The summed E-state index contributed by atoms with van der Waals surface area (Å²) in [5.41, 5.74) is 0.675. The Morgan fingerprint density at radius 3 is 2.67 bits per heavy atom. The maximum Gasteiger partial charge on any atom is 0.417 e. The number of hydrogen-bond acceptors (Lipinski definition) is 6. The van der Waals surface area contributed by atoms with Gasteiger partial charge in [-0.15, -0.1) is 0 Å². The van der Waals surface area contributed by atoms with Crippen LogP contribution in [0.3, 0.4) is 0 Å². The first kappa shape index (κ1) is 26.9. The number of rotatable bonds is 9. The van der Waals surface area contributed by atoms with E-state index in [0.717, 1.165) is 17.8 Å². The van der Waals surface area contributed by atoms with Gasteiger partial charge in [0.2, 0.25) is 5.09 Å². The lowest BCUT2D eigenvalue weighted by molar-refractivity contribution is -0.137. The predicted molar refractivity (Wildman–Crippen MR) is 136 cm³/mol. The normalized spacial score (nSPS) is 16.5. The number of ether oxygens (including phenoxy) is 1. The van der Waals surface area contributed by atoms with Crippen LogP contribution in [-0.4, -0.2) is 36.1 Å². The molecular formula is C28H25F3N2O5S. The van der Waals surface area contributed by atoms with Gasteiger partial charge in [0, 0.05) is 42.4 Å². The number of sulfonamides is 1. The zero-order valence-corrected chi connectivity index (χ0v) is 21.5. The maximum absolute atomic E-state index is 13.3. The molecule has 0 radical (unpaired) electrons. The number of aromatic nitrogens is 1. The lowest BCUT2D eigenvalue weighted by Gasteiger charge is -2.21. The molecule has 0 spiro atoms. The van der Waals surface area contributed by atoms with Crippen LogP contribution in [0.4, 0.5) is 13.2 Å². The number of fused-ring (bicyclic) bond motifs is 1. The molecule has 1 unspecified atom stereocenters. The Hall–Kier alpha value is -3.70. The van der Waals surface area contributed by atoms with E-state index < -0.39 is 27.8 Å². The minimum absolute atomic E-state index is 0.101. The smallest absolute Gasteiger partial charge is 0.417 e. The van der Waals surface area contributed by atoms with E-state index in [9.17, 15) is 26.4 Å². The zero-order valence-electron chi connectivity index (χ0n) is 20.7. The topological polar surface area (TPSA) is 89.7 Å². The summed E-state index contributed by atoms with van der Waals surface area (Å²) in [6, 6.07) is 15.6. The molecule has 1 saturated heterocycles. The van der Waals surface area contributed by atoms with Gasteiger partial charge in [-0.25, -0.2) is 8.42 Å². The van der Waals surface area contributed by atoms with Gasteiger partial charge in [0.1, 0.15) is 17.9 Å². The van der Waals surface area contributed by atoms with E-state index in [-0.39, 0.29) is 36.0 Å². The van der Waals surface area contributed by atoms with E-state index in [4.69, 9.17) is 9.15 Å². The van der Waals surface area contributed by atoms with Gasteiger partial charge < -0.3 is 9.15 Å². The van der Waals surface area contributed by atoms with Crippen molar-refractivity contribution in [1.82, 2.24) is 9.29 Å². The van der Waals surface area contributed by atoms with Crippen molar-refractivity contribution >= 4 is 26.8 Å². The Balaban J connectivity index is 1.21.